The van der Waals surface area contributed by atoms with Crippen LogP contribution < -0.4 is 15.1 Å². The van der Waals surface area contributed by atoms with E-state index in [0.29, 0.717) is 23.8 Å². The predicted molar refractivity (Wildman–Crippen MR) is 175 cm³/mol. The Labute approximate surface area is 283 Å². The van der Waals surface area contributed by atoms with Gasteiger partial charge in [-0.05, 0) is 59.9 Å². The van der Waals surface area contributed by atoms with Gasteiger partial charge in [-0.15, -0.1) is 13.2 Å². The third kappa shape index (κ3) is 12.9. The second-order valence-electron chi connectivity index (χ2n) is 14.8. The second-order valence-corrected chi connectivity index (χ2v) is 14.8. The molecular formula is C37H46F6O6. The Morgan fingerprint density at radius 3 is 2.12 bits per heavy atom. The van der Waals surface area contributed by atoms with E-state index in [0.717, 1.165) is 19.3 Å². The van der Waals surface area contributed by atoms with Crippen molar-refractivity contribution in [1.82, 2.24) is 0 Å². The Hall–Kier alpha value is -3.70. The van der Waals surface area contributed by atoms with E-state index in [2.05, 4.69) is 4.74 Å². The van der Waals surface area contributed by atoms with Crippen molar-refractivity contribution in [3.63, 3.8) is 0 Å². The lowest BCUT2D eigenvalue weighted by Gasteiger charge is -2.34. The minimum absolute atomic E-state index is 0.00900. The number of rotatable bonds is 14. The molecule has 0 N–H and O–H groups in total. The molecule has 0 saturated carbocycles. The van der Waals surface area contributed by atoms with Crippen LogP contribution in [0.5, 0.6) is 11.5 Å². The molecule has 0 radical (unpaired) electrons. The fraction of sp³-hybridized carbons (Fsp3) is 0.568. The monoisotopic (exact) mass is 700 g/mol. The quantitative estimate of drug-likeness (QED) is 0.0721. The fourth-order valence-electron chi connectivity index (χ4n) is 5.47. The summed E-state index contributed by atoms with van der Waals surface area (Å²) < 4.78 is 101. The van der Waals surface area contributed by atoms with Gasteiger partial charge in [0.25, 0.3) is 0 Å². The number of ether oxygens (including phenoxy) is 3. The van der Waals surface area contributed by atoms with Gasteiger partial charge < -0.3 is 18.6 Å². The molecule has 272 valence electrons. The average Bonchev–Trinajstić information content (AvgIpc) is 2.95. The van der Waals surface area contributed by atoms with Crippen molar-refractivity contribution in [2.24, 2.45) is 22.7 Å². The molecular weight excluding hydrogens is 654 g/mol. The van der Waals surface area contributed by atoms with Crippen LogP contribution in [0.1, 0.15) is 86.1 Å². The summed E-state index contributed by atoms with van der Waals surface area (Å²) in [6.45, 7) is 12.6. The topological polar surface area (TPSA) is 75.0 Å². The van der Waals surface area contributed by atoms with E-state index in [-0.39, 0.29) is 27.9 Å². The summed E-state index contributed by atoms with van der Waals surface area (Å²) >= 11 is 0. The molecule has 2 atom stereocenters. The van der Waals surface area contributed by atoms with Crippen molar-refractivity contribution in [2.45, 2.75) is 99.5 Å². The van der Waals surface area contributed by atoms with Crippen molar-refractivity contribution >= 4 is 16.9 Å². The predicted octanol–water partition coefficient (Wildman–Crippen LogP) is 10.7. The van der Waals surface area contributed by atoms with Crippen molar-refractivity contribution < 1.29 is 49.8 Å². The minimum atomic E-state index is -5.00. The number of benzene rings is 2. The number of fused-ring (bicyclic) bond motifs is 1. The van der Waals surface area contributed by atoms with Gasteiger partial charge in [0.15, 0.2) is 0 Å². The van der Waals surface area contributed by atoms with Crippen molar-refractivity contribution in [2.75, 3.05) is 13.2 Å². The maximum absolute atomic E-state index is 13.5. The van der Waals surface area contributed by atoms with Crippen LogP contribution >= 0.6 is 0 Å². The zero-order valence-electron chi connectivity index (χ0n) is 29.1. The number of unbranched alkanes of at least 4 members (excludes halogenated alkanes) is 2. The summed E-state index contributed by atoms with van der Waals surface area (Å²) in [5.41, 5.74) is -1.26. The van der Waals surface area contributed by atoms with Crippen LogP contribution in [0.15, 0.2) is 51.7 Å². The van der Waals surface area contributed by atoms with Crippen LogP contribution in [0.2, 0.25) is 0 Å². The van der Waals surface area contributed by atoms with E-state index in [1.165, 1.54) is 36.4 Å². The molecule has 3 rings (SSSR count). The molecule has 1 aromatic heterocycles. The maximum Gasteiger partial charge on any atom is 0.573 e. The van der Waals surface area contributed by atoms with Gasteiger partial charge in [0.2, 0.25) is 0 Å². The van der Waals surface area contributed by atoms with Crippen molar-refractivity contribution in [1.29, 1.82) is 0 Å². The average molecular weight is 701 g/mol. The Balaban J connectivity index is 1.83. The maximum atomic E-state index is 13.5. The van der Waals surface area contributed by atoms with E-state index in [9.17, 15) is 35.9 Å². The van der Waals surface area contributed by atoms with Crippen LogP contribution in [-0.4, -0.2) is 31.7 Å². The van der Waals surface area contributed by atoms with E-state index in [4.69, 9.17) is 13.9 Å². The molecule has 6 nitrogen and oxygen atoms in total. The Bertz CT molecular complexity index is 1610. The fourth-order valence-corrected chi connectivity index (χ4v) is 5.47. The minimum Gasteiger partial charge on any atom is -0.493 e. The van der Waals surface area contributed by atoms with E-state index >= 15 is 0 Å². The van der Waals surface area contributed by atoms with Crippen LogP contribution in [0.4, 0.5) is 26.3 Å². The molecule has 0 aliphatic rings. The van der Waals surface area contributed by atoms with E-state index in [1.54, 1.807) is 6.07 Å². The first-order valence-corrected chi connectivity index (χ1v) is 16.4. The summed E-state index contributed by atoms with van der Waals surface area (Å²) in [5, 5.41) is 0.333. The SMILES string of the molecule is CCCCCc1ccc(-c2cc3ccc(OCC(COC(=O)C(CC(C)(C)C)C(C)(C)C)CC(F)(F)F)cc3oc2=O)c(OC(F)(F)F)c1. The Morgan fingerprint density at radius 1 is 0.837 bits per heavy atom. The number of carbonyl (C=O) groups is 1. The summed E-state index contributed by atoms with van der Waals surface area (Å²) in [6.07, 6.45) is -7.16. The lowest BCUT2D eigenvalue weighted by Crippen LogP contribution is -2.35. The van der Waals surface area contributed by atoms with Crippen LogP contribution in [0.3, 0.4) is 0 Å². The highest BCUT2D eigenvalue weighted by atomic mass is 19.4. The van der Waals surface area contributed by atoms with Gasteiger partial charge in [-0.2, -0.15) is 13.2 Å². The van der Waals surface area contributed by atoms with Crippen LogP contribution in [0.25, 0.3) is 22.1 Å². The number of hydrogen-bond acceptors (Lipinski definition) is 6. The zero-order valence-corrected chi connectivity index (χ0v) is 29.1. The molecule has 0 spiro atoms. The number of carbonyl (C=O) groups excluding carboxylic acids is 1. The number of hydrogen-bond donors (Lipinski definition) is 0. The molecule has 49 heavy (non-hydrogen) atoms. The Morgan fingerprint density at radius 2 is 1.53 bits per heavy atom. The van der Waals surface area contributed by atoms with Gasteiger partial charge in [0.05, 0.1) is 31.1 Å². The largest absolute Gasteiger partial charge is 0.573 e. The summed E-state index contributed by atoms with van der Waals surface area (Å²) in [7, 11) is 0. The third-order valence-electron chi connectivity index (χ3n) is 7.95. The highest BCUT2D eigenvalue weighted by Gasteiger charge is 2.38. The first-order valence-electron chi connectivity index (χ1n) is 16.4. The number of halogens is 6. The highest BCUT2D eigenvalue weighted by molar-refractivity contribution is 5.84. The van der Waals surface area contributed by atoms with Gasteiger partial charge in [0, 0.05) is 22.9 Å². The number of alkyl halides is 6. The van der Waals surface area contributed by atoms with E-state index < -0.39 is 66.8 Å². The summed E-state index contributed by atoms with van der Waals surface area (Å²) in [4.78, 5) is 26.1. The van der Waals surface area contributed by atoms with Crippen LogP contribution in [0, 0.1) is 22.7 Å². The van der Waals surface area contributed by atoms with E-state index in [1.807, 2.05) is 48.5 Å². The molecule has 12 heteroatoms. The second kappa shape index (κ2) is 15.9. The van der Waals surface area contributed by atoms with Gasteiger partial charge in [-0.3, -0.25) is 4.79 Å². The molecule has 2 aromatic carbocycles. The lowest BCUT2D eigenvalue weighted by atomic mass is 9.72. The molecule has 2 unspecified atom stereocenters. The van der Waals surface area contributed by atoms with Gasteiger partial charge in [-0.1, -0.05) is 73.4 Å². The molecule has 3 aromatic rings. The van der Waals surface area contributed by atoms with Crippen LogP contribution in [-0.2, 0) is 16.0 Å². The standard InChI is InChI=1S/C37H46F6O6/c1-8-9-10-11-23-12-15-27(31(16-23)49-37(41,42)43)28-17-25-13-14-26(18-30(25)48-32(28)44)46-21-24(19-36(38,39)40)22-47-33(45)29(35(5,6)7)20-34(2,3)4/h12-18,24,29H,8-11,19-22H2,1-7H3. The molecule has 0 fully saturated rings. The van der Waals surface area contributed by atoms with Crippen molar-refractivity contribution in [3.05, 3.63) is 58.4 Å². The molecule has 1 heterocycles. The molecule has 0 saturated heterocycles. The van der Waals surface area contributed by atoms with Gasteiger partial charge in [-0.25, -0.2) is 4.79 Å². The number of aryl methyl sites for hydroxylation is 1. The molecule has 0 amide bonds. The van der Waals surface area contributed by atoms with Gasteiger partial charge >= 0.3 is 24.1 Å². The zero-order chi connectivity index (χ0) is 36.8. The smallest absolute Gasteiger partial charge is 0.493 e. The number of esters is 1. The summed E-state index contributed by atoms with van der Waals surface area (Å²) in [5.74, 6) is -2.78. The molecule has 0 aliphatic heterocycles. The van der Waals surface area contributed by atoms with Gasteiger partial charge in [0.1, 0.15) is 17.1 Å². The first kappa shape index (κ1) is 39.7. The Kier molecular flexibility index (Phi) is 12.9. The third-order valence-corrected chi connectivity index (χ3v) is 7.95. The van der Waals surface area contributed by atoms with Crippen molar-refractivity contribution in [3.8, 4) is 22.6 Å². The lowest BCUT2D eigenvalue weighted by molar-refractivity contribution is -0.274. The first-order chi connectivity index (χ1) is 22.5. The summed E-state index contributed by atoms with van der Waals surface area (Å²) in [6, 6.07) is 9.86. The molecule has 0 aliphatic carbocycles. The normalized spacial score (nSPS) is 14.1. The highest BCUT2D eigenvalue weighted by Crippen LogP contribution is 2.38. The molecule has 0 bridgehead atoms.